The third-order valence-electron chi connectivity index (χ3n) is 4.71. The summed E-state index contributed by atoms with van der Waals surface area (Å²) < 4.78 is 0. The smallest absolute Gasteiger partial charge is 0.242 e. The number of nitrogens with zero attached hydrogens (tertiary/aromatic N) is 3. The first-order valence-electron chi connectivity index (χ1n) is 8.20. The highest BCUT2D eigenvalue weighted by Gasteiger charge is 2.22. The summed E-state index contributed by atoms with van der Waals surface area (Å²) in [5, 5.41) is 2.86. The molecule has 1 saturated carbocycles. The van der Waals surface area contributed by atoms with Gasteiger partial charge in [-0.05, 0) is 46.0 Å². The molecule has 1 atom stereocenters. The van der Waals surface area contributed by atoms with Gasteiger partial charge in [0, 0.05) is 25.3 Å². The SMILES string of the molecule is CC(C(=O)Nc1ccccn1)N(C)CCN(C)C1CCCC1. The molecule has 0 aromatic carbocycles. The molecule has 1 aromatic heterocycles. The second-order valence-electron chi connectivity index (χ2n) is 6.28. The molecule has 0 radical (unpaired) electrons. The van der Waals surface area contributed by atoms with E-state index in [9.17, 15) is 4.79 Å². The lowest BCUT2D eigenvalue weighted by Crippen LogP contribution is -2.44. The van der Waals surface area contributed by atoms with Crippen molar-refractivity contribution in [1.29, 1.82) is 0 Å². The molecule has 0 saturated heterocycles. The van der Waals surface area contributed by atoms with Gasteiger partial charge in [0.1, 0.15) is 5.82 Å². The van der Waals surface area contributed by atoms with Gasteiger partial charge in [0.15, 0.2) is 0 Å². The van der Waals surface area contributed by atoms with E-state index in [4.69, 9.17) is 0 Å². The minimum atomic E-state index is -0.168. The van der Waals surface area contributed by atoms with Crippen LogP contribution >= 0.6 is 0 Å². The Labute approximate surface area is 133 Å². The summed E-state index contributed by atoms with van der Waals surface area (Å²) in [5.74, 6) is 0.598. The van der Waals surface area contributed by atoms with Crippen LogP contribution in [0.3, 0.4) is 0 Å². The van der Waals surface area contributed by atoms with Crippen molar-refractivity contribution in [3.8, 4) is 0 Å². The van der Waals surface area contributed by atoms with Gasteiger partial charge in [-0.15, -0.1) is 0 Å². The Bertz CT molecular complexity index is 459. The normalized spacial score (nSPS) is 17.1. The molecule has 0 bridgehead atoms. The molecule has 1 N–H and O–H groups in total. The number of carbonyl (C=O) groups is 1. The Morgan fingerprint density at radius 1 is 1.32 bits per heavy atom. The Hall–Kier alpha value is -1.46. The van der Waals surface area contributed by atoms with E-state index in [0.29, 0.717) is 5.82 Å². The second kappa shape index (κ2) is 8.25. The molecule has 1 amide bonds. The van der Waals surface area contributed by atoms with E-state index < -0.39 is 0 Å². The Balaban J connectivity index is 1.75. The van der Waals surface area contributed by atoms with E-state index in [-0.39, 0.29) is 11.9 Å². The lowest BCUT2D eigenvalue weighted by Gasteiger charge is -2.29. The van der Waals surface area contributed by atoms with Gasteiger partial charge in [0.25, 0.3) is 0 Å². The molecule has 122 valence electrons. The van der Waals surface area contributed by atoms with Gasteiger partial charge in [-0.3, -0.25) is 9.69 Å². The average Bonchev–Trinajstić information content (AvgIpc) is 3.07. The van der Waals surface area contributed by atoms with Crippen molar-refractivity contribution in [3.63, 3.8) is 0 Å². The fourth-order valence-electron chi connectivity index (χ4n) is 2.90. The molecule has 0 spiro atoms. The van der Waals surface area contributed by atoms with Crippen molar-refractivity contribution < 1.29 is 4.79 Å². The molecule has 5 heteroatoms. The predicted molar refractivity (Wildman–Crippen MR) is 89.8 cm³/mol. The van der Waals surface area contributed by atoms with Crippen LogP contribution in [0.15, 0.2) is 24.4 Å². The third-order valence-corrected chi connectivity index (χ3v) is 4.71. The van der Waals surface area contributed by atoms with Crippen molar-refractivity contribution in [2.75, 3.05) is 32.5 Å². The van der Waals surface area contributed by atoms with Gasteiger partial charge in [0.2, 0.25) is 5.91 Å². The van der Waals surface area contributed by atoms with Crippen LogP contribution in [0.25, 0.3) is 0 Å². The quantitative estimate of drug-likeness (QED) is 0.839. The first kappa shape index (κ1) is 16.9. The zero-order chi connectivity index (χ0) is 15.9. The second-order valence-corrected chi connectivity index (χ2v) is 6.28. The maximum atomic E-state index is 12.2. The fraction of sp³-hybridized carbons (Fsp3) is 0.647. The molecular formula is C17H28N4O. The van der Waals surface area contributed by atoms with Crippen LogP contribution in [0, 0.1) is 0 Å². The van der Waals surface area contributed by atoms with E-state index in [1.165, 1.54) is 25.7 Å². The first-order valence-corrected chi connectivity index (χ1v) is 8.20. The van der Waals surface area contributed by atoms with Crippen molar-refractivity contribution in [1.82, 2.24) is 14.8 Å². The van der Waals surface area contributed by atoms with E-state index in [2.05, 4.69) is 27.1 Å². The number of pyridine rings is 1. The number of anilines is 1. The highest BCUT2D eigenvalue weighted by molar-refractivity contribution is 5.93. The lowest BCUT2D eigenvalue weighted by molar-refractivity contribution is -0.120. The van der Waals surface area contributed by atoms with Crippen molar-refractivity contribution in [2.45, 2.75) is 44.7 Å². The summed E-state index contributed by atoms with van der Waals surface area (Å²) >= 11 is 0. The summed E-state index contributed by atoms with van der Waals surface area (Å²) in [6.07, 6.45) is 7.02. The number of carbonyl (C=O) groups excluding carboxylic acids is 1. The minimum absolute atomic E-state index is 0.00952. The number of hydrogen-bond donors (Lipinski definition) is 1. The highest BCUT2D eigenvalue weighted by atomic mass is 16.2. The zero-order valence-electron chi connectivity index (χ0n) is 14.0. The van der Waals surface area contributed by atoms with Crippen LogP contribution in [0.1, 0.15) is 32.6 Å². The van der Waals surface area contributed by atoms with Crippen LogP contribution in [-0.2, 0) is 4.79 Å². The third kappa shape index (κ3) is 4.78. The molecule has 5 nitrogen and oxygen atoms in total. The molecule has 1 aliphatic rings. The molecule has 1 fully saturated rings. The largest absolute Gasteiger partial charge is 0.309 e. The van der Waals surface area contributed by atoms with Crippen LogP contribution in [0.5, 0.6) is 0 Å². The molecule has 1 aromatic rings. The first-order chi connectivity index (χ1) is 10.6. The lowest BCUT2D eigenvalue weighted by atomic mass is 10.2. The van der Waals surface area contributed by atoms with Crippen molar-refractivity contribution in [3.05, 3.63) is 24.4 Å². The molecule has 1 heterocycles. The molecule has 0 aliphatic heterocycles. The summed E-state index contributed by atoms with van der Waals surface area (Å²) in [5.41, 5.74) is 0. The highest BCUT2D eigenvalue weighted by Crippen LogP contribution is 2.22. The summed E-state index contributed by atoms with van der Waals surface area (Å²) in [7, 11) is 4.20. The number of amides is 1. The summed E-state index contributed by atoms with van der Waals surface area (Å²) in [4.78, 5) is 20.9. The summed E-state index contributed by atoms with van der Waals surface area (Å²) in [6.45, 7) is 3.83. The van der Waals surface area contributed by atoms with Gasteiger partial charge < -0.3 is 10.2 Å². The Morgan fingerprint density at radius 3 is 2.68 bits per heavy atom. The zero-order valence-corrected chi connectivity index (χ0v) is 14.0. The number of likely N-dealkylation sites (N-methyl/N-ethyl adjacent to an activating group) is 2. The Morgan fingerprint density at radius 2 is 2.05 bits per heavy atom. The molecule has 2 rings (SSSR count). The van der Waals surface area contributed by atoms with Gasteiger partial charge in [0.05, 0.1) is 6.04 Å². The monoisotopic (exact) mass is 304 g/mol. The van der Waals surface area contributed by atoms with Crippen LogP contribution in [0.4, 0.5) is 5.82 Å². The van der Waals surface area contributed by atoms with Gasteiger partial charge in [-0.2, -0.15) is 0 Å². The topological polar surface area (TPSA) is 48.5 Å². The van der Waals surface area contributed by atoms with Crippen molar-refractivity contribution in [2.24, 2.45) is 0 Å². The van der Waals surface area contributed by atoms with Gasteiger partial charge >= 0.3 is 0 Å². The molecule has 1 unspecified atom stereocenters. The van der Waals surface area contributed by atoms with Crippen LogP contribution in [-0.4, -0.2) is 60.0 Å². The van der Waals surface area contributed by atoms with Gasteiger partial charge in [-0.1, -0.05) is 18.9 Å². The fourth-order valence-corrected chi connectivity index (χ4v) is 2.90. The van der Waals surface area contributed by atoms with Crippen LogP contribution < -0.4 is 5.32 Å². The molecular weight excluding hydrogens is 276 g/mol. The number of rotatable bonds is 7. The number of aromatic nitrogens is 1. The van der Waals surface area contributed by atoms with E-state index in [1.54, 1.807) is 12.3 Å². The van der Waals surface area contributed by atoms with E-state index in [1.807, 2.05) is 26.1 Å². The Kier molecular flexibility index (Phi) is 6.34. The van der Waals surface area contributed by atoms with E-state index in [0.717, 1.165) is 19.1 Å². The molecule has 1 aliphatic carbocycles. The standard InChI is InChI=1S/C17H28N4O/c1-14(17(22)19-16-10-6-7-11-18-16)20(2)12-13-21(3)15-8-4-5-9-15/h6-7,10-11,14-15H,4-5,8-9,12-13H2,1-3H3,(H,18,19,22). The van der Waals surface area contributed by atoms with Crippen LogP contribution in [0.2, 0.25) is 0 Å². The minimum Gasteiger partial charge on any atom is -0.309 e. The van der Waals surface area contributed by atoms with Crippen molar-refractivity contribution >= 4 is 11.7 Å². The average molecular weight is 304 g/mol. The molecule has 22 heavy (non-hydrogen) atoms. The summed E-state index contributed by atoms with van der Waals surface area (Å²) in [6, 6.07) is 6.07. The maximum absolute atomic E-state index is 12.2. The van der Waals surface area contributed by atoms with Gasteiger partial charge in [-0.25, -0.2) is 4.98 Å². The maximum Gasteiger partial charge on any atom is 0.242 e. The predicted octanol–water partition coefficient (Wildman–Crippen LogP) is 2.21. The number of nitrogens with one attached hydrogen (secondary N) is 1. The van der Waals surface area contributed by atoms with E-state index >= 15 is 0 Å². The number of hydrogen-bond acceptors (Lipinski definition) is 4.